The average Bonchev–Trinajstić information content (AvgIpc) is 2.25. The molecule has 0 spiro atoms. The van der Waals surface area contributed by atoms with Crippen molar-refractivity contribution in [2.45, 2.75) is 4.90 Å². The van der Waals surface area contributed by atoms with E-state index in [1.807, 2.05) is 0 Å². The van der Waals surface area contributed by atoms with E-state index in [0.29, 0.717) is 6.26 Å². The third-order valence-electron chi connectivity index (χ3n) is 2.01. The molecule has 0 aromatic heterocycles. The van der Waals surface area contributed by atoms with E-state index in [-0.39, 0.29) is 5.75 Å². The molecule has 0 unspecified atom stereocenters. The molecule has 1 rings (SSSR count). The summed E-state index contributed by atoms with van der Waals surface area (Å²) in [4.78, 5) is 1.80. The quantitative estimate of drug-likeness (QED) is 0.232. The van der Waals surface area contributed by atoms with Crippen molar-refractivity contribution in [2.24, 2.45) is 0 Å². The minimum Gasteiger partial charge on any atom is -0.383 e. The van der Waals surface area contributed by atoms with E-state index in [4.69, 9.17) is 5.53 Å². The molecular formula is C9H10N2O7S3. The Hall–Kier alpha value is -1.75. The molecule has 0 radical (unpaired) electrons. The van der Waals surface area contributed by atoms with Gasteiger partial charge in [-0.1, -0.05) is 0 Å². The van der Waals surface area contributed by atoms with Crippen molar-refractivity contribution in [3.63, 3.8) is 0 Å². The fourth-order valence-corrected chi connectivity index (χ4v) is 4.57. The molecule has 0 saturated heterocycles. The van der Waals surface area contributed by atoms with Crippen LogP contribution in [0.25, 0.3) is 5.53 Å². The van der Waals surface area contributed by atoms with Crippen LogP contribution in [0.1, 0.15) is 0 Å². The molecule has 0 bridgehead atoms. The number of rotatable bonds is 3. The zero-order chi connectivity index (χ0) is 16.5. The van der Waals surface area contributed by atoms with Gasteiger partial charge >= 0.3 is 14.5 Å². The molecule has 0 aliphatic rings. The second-order valence-corrected chi connectivity index (χ2v) is 9.53. The molecule has 12 heteroatoms. The van der Waals surface area contributed by atoms with Crippen LogP contribution in [0.2, 0.25) is 0 Å². The lowest BCUT2D eigenvalue weighted by Crippen LogP contribution is -2.25. The second kappa shape index (κ2) is 5.56. The summed E-state index contributed by atoms with van der Waals surface area (Å²) in [5.74, 6) is -0.154. The van der Waals surface area contributed by atoms with Gasteiger partial charge in [0.25, 0.3) is 19.7 Å². The maximum atomic E-state index is 12.0. The normalized spacial score (nSPS) is 12.5. The monoisotopic (exact) mass is 354 g/mol. The lowest BCUT2D eigenvalue weighted by molar-refractivity contribution is 0.00385. The first kappa shape index (κ1) is 17.3. The van der Waals surface area contributed by atoms with Crippen LogP contribution in [-0.2, 0) is 29.8 Å². The highest BCUT2D eigenvalue weighted by Gasteiger charge is 2.39. The maximum absolute atomic E-state index is 12.0. The highest BCUT2D eigenvalue weighted by molar-refractivity contribution is 8.30. The molecule has 116 valence electrons. The summed E-state index contributed by atoms with van der Waals surface area (Å²) in [7, 11) is -12.6. The van der Waals surface area contributed by atoms with Crippen LogP contribution < -0.4 is 4.18 Å². The average molecular weight is 354 g/mol. The Morgan fingerprint density at radius 1 is 1.00 bits per heavy atom. The largest absolute Gasteiger partial charge is 0.499 e. The van der Waals surface area contributed by atoms with Gasteiger partial charge in [-0.05, 0) is 24.3 Å². The summed E-state index contributed by atoms with van der Waals surface area (Å²) in [5, 5.41) is 0. The van der Waals surface area contributed by atoms with E-state index < -0.39 is 39.1 Å². The van der Waals surface area contributed by atoms with E-state index >= 15 is 0 Å². The summed E-state index contributed by atoms with van der Waals surface area (Å²) in [6.45, 7) is 0. The summed E-state index contributed by atoms with van der Waals surface area (Å²) in [5.41, 5.74) is 8.59. The molecule has 0 fully saturated rings. The molecule has 0 saturated carbocycles. The van der Waals surface area contributed by atoms with Crippen LogP contribution in [-0.4, -0.2) is 46.9 Å². The van der Waals surface area contributed by atoms with Crippen molar-refractivity contribution in [2.75, 3.05) is 12.5 Å². The van der Waals surface area contributed by atoms with Crippen molar-refractivity contribution < 1.29 is 34.2 Å². The van der Waals surface area contributed by atoms with Gasteiger partial charge in [0.05, 0.1) is 17.4 Å². The zero-order valence-corrected chi connectivity index (χ0v) is 13.2. The van der Waals surface area contributed by atoms with E-state index in [0.717, 1.165) is 30.5 Å². The van der Waals surface area contributed by atoms with Crippen molar-refractivity contribution in [3.05, 3.63) is 29.8 Å². The van der Waals surface area contributed by atoms with E-state index in [2.05, 4.69) is 8.97 Å². The van der Waals surface area contributed by atoms with Crippen molar-refractivity contribution in [1.29, 1.82) is 0 Å². The molecule has 0 atom stereocenters. The highest BCUT2D eigenvalue weighted by atomic mass is 32.3. The number of sulfone groups is 2. The van der Waals surface area contributed by atoms with Gasteiger partial charge in [-0.25, -0.2) is 16.8 Å². The van der Waals surface area contributed by atoms with Crippen molar-refractivity contribution >= 4 is 34.2 Å². The van der Waals surface area contributed by atoms with Crippen LogP contribution in [0, 0.1) is 0 Å². The van der Waals surface area contributed by atoms with Gasteiger partial charge in [-0.15, -0.1) is 4.79 Å². The van der Waals surface area contributed by atoms with Gasteiger partial charge in [0.1, 0.15) is 5.75 Å². The molecule has 21 heavy (non-hydrogen) atoms. The van der Waals surface area contributed by atoms with Crippen LogP contribution in [0.4, 0.5) is 0 Å². The first-order valence-corrected chi connectivity index (χ1v) is 10.2. The van der Waals surface area contributed by atoms with Crippen LogP contribution in [0.3, 0.4) is 0 Å². The smallest absolute Gasteiger partial charge is 0.383 e. The molecule has 0 aliphatic carbocycles. The summed E-state index contributed by atoms with van der Waals surface area (Å²) in [6, 6.07) is 3.88. The number of hydrogen-bond acceptors (Lipinski definition) is 7. The molecule has 9 nitrogen and oxygen atoms in total. The lowest BCUT2D eigenvalue weighted by atomic mass is 10.3. The molecule has 0 amide bonds. The zero-order valence-electron chi connectivity index (χ0n) is 10.8. The minimum absolute atomic E-state index is 0.154. The van der Waals surface area contributed by atoms with Gasteiger partial charge < -0.3 is 9.71 Å². The van der Waals surface area contributed by atoms with Crippen molar-refractivity contribution in [1.82, 2.24) is 0 Å². The molecule has 1 aromatic carbocycles. The third kappa shape index (κ3) is 4.36. The standard InChI is InChI=1S/C9H10N2O7S3/c1-19(12,13)9(11-10)21(16,17)8-5-3-7(4-6-8)18-20(2,14)15/h3-6H,1-2H3. The Kier molecular flexibility index (Phi) is 4.58. The Labute approximate surface area is 121 Å². The topological polar surface area (TPSA) is 148 Å². The Balaban J connectivity index is 3.33. The second-order valence-electron chi connectivity index (χ2n) is 3.90. The van der Waals surface area contributed by atoms with Gasteiger partial charge in [-0.3, -0.25) is 0 Å². The first-order valence-electron chi connectivity index (χ1n) is 5.04. The van der Waals surface area contributed by atoms with Gasteiger partial charge in [0.2, 0.25) is 0 Å². The number of nitrogens with zero attached hydrogens (tertiary/aromatic N) is 2. The fraction of sp³-hybridized carbons (Fsp3) is 0.222. The minimum atomic E-state index is -4.56. The van der Waals surface area contributed by atoms with Crippen LogP contribution >= 0.6 is 0 Å². The van der Waals surface area contributed by atoms with E-state index in [1.165, 1.54) is 0 Å². The third-order valence-corrected chi connectivity index (χ3v) is 6.22. The predicted octanol–water partition coefficient (Wildman–Crippen LogP) is -0.571. The molecule has 0 heterocycles. The maximum Gasteiger partial charge on any atom is 0.499 e. The summed E-state index contributed by atoms with van der Waals surface area (Å²) >= 11 is 0. The van der Waals surface area contributed by atoms with Crippen LogP contribution in [0.5, 0.6) is 5.75 Å². The van der Waals surface area contributed by atoms with Gasteiger partial charge in [0.15, 0.2) is 0 Å². The molecule has 1 aromatic rings. The fourth-order valence-electron chi connectivity index (χ4n) is 1.28. The van der Waals surface area contributed by atoms with E-state index in [9.17, 15) is 25.3 Å². The van der Waals surface area contributed by atoms with Gasteiger partial charge in [0, 0.05) is 0 Å². The van der Waals surface area contributed by atoms with Crippen molar-refractivity contribution in [3.8, 4) is 5.75 Å². The predicted molar refractivity (Wildman–Crippen MR) is 72.6 cm³/mol. The van der Waals surface area contributed by atoms with Gasteiger partial charge in [-0.2, -0.15) is 8.42 Å². The number of benzene rings is 1. The lowest BCUT2D eigenvalue weighted by Gasteiger charge is -2.03. The summed E-state index contributed by atoms with van der Waals surface area (Å²) in [6.07, 6.45) is 1.37. The highest BCUT2D eigenvalue weighted by Crippen LogP contribution is 2.19. The Bertz CT molecular complexity index is 906. The molecular weight excluding hydrogens is 344 g/mol. The SMILES string of the molecule is CS(=O)(=O)Oc1ccc(S(=O)(=O)C(=[N+]=[N-])S(C)(=O)=O)cc1. The van der Waals surface area contributed by atoms with Crippen LogP contribution in [0.15, 0.2) is 29.2 Å². The van der Waals surface area contributed by atoms with E-state index in [1.54, 1.807) is 0 Å². The Morgan fingerprint density at radius 3 is 1.81 bits per heavy atom. The Morgan fingerprint density at radius 2 is 1.48 bits per heavy atom. The molecule has 0 aliphatic heterocycles. The molecule has 0 N–H and O–H groups in total. The first-order chi connectivity index (χ1) is 9.38. The summed E-state index contributed by atoms with van der Waals surface area (Å²) < 4.78 is 71.4. The number of hydrogen-bond donors (Lipinski definition) is 0.